The summed E-state index contributed by atoms with van der Waals surface area (Å²) in [5, 5.41) is 25.5. The van der Waals surface area contributed by atoms with Crippen molar-refractivity contribution < 1.29 is 47.7 Å². The van der Waals surface area contributed by atoms with Gasteiger partial charge in [-0.2, -0.15) is 0 Å². The van der Waals surface area contributed by atoms with E-state index >= 15 is 4.79 Å². The van der Waals surface area contributed by atoms with Gasteiger partial charge < -0.3 is 33.3 Å². The highest BCUT2D eigenvalue weighted by atomic mass is 28.4. The van der Waals surface area contributed by atoms with Crippen molar-refractivity contribution in [3.05, 3.63) is 47.0 Å². The third-order valence-electron chi connectivity index (χ3n) is 14.5. The first-order valence-electron chi connectivity index (χ1n) is 19.9. The Labute approximate surface area is 318 Å². The molecule has 9 atom stereocenters. The number of benzene rings is 1. The van der Waals surface area contributed by atoms with Crippen LogP contribution in [-0.4, -0.2) is 92.9 Å². The molecular weight excluding hydrogens is 709 g/mol. The summed E-state index contributed by atoms with van der Waals surface area (Å²) < 4.78 is 33.9. The molecule has 0 amide bonds. The molecule has 1 aromatic rings. The zero-order valence-corrected chi connectivity index (χ0v) is 35.9. The molecule has 1 saturated heterocycles. The van der Waals surface area contributed by atoms with Gasteiger partial charge in [0.25, 0.3) is 0 Å². The molecule has 0 spiro atoms. The van der Waals surface area contributed by atoms with Gasteiger partial charge in [0.2, 0.25) is 0 Å². The lowest BCUT2D eigenvalue weighted by atomic mass is 9.44. The van der Waals surface area contributed by atoms with Crippen molar-refractivity contribution in [3.8, 4) is 0 Å². The van der Waals surface area contributed by atoms with Crippen LogP contribution in [0.25, 0.3) is 0 Å². The molecule has 12 heteroatoms. The SMILES string of the molecule is CC[Si](CC)(CC)OC1C(=O)C2(C)C(O[Si](CC)(CC)CC)CC3OCC3(OC(C)=O)C2C(OC(=O)c2ccccc2)C2(O)CC(O)C(C)=C1C2(C)C. The van der Waals surface area contributed by atoms with Crippen LogP contribution in [0.1, 0.15) is 99.4 Å². The van der Waals surface area contributed by atoms with Crippen LogP contribution >= 0.6 is 0 Å². The zero-order chi connectivity index (χ0) is 39.4. The minimum Gasteiger partial charge on any atom is -0.455 e. The quantitative estimate of drug-likeness (QED) is 0.121. The number of ketones is 1. The lowest BCUT2D eigenvalue weighted by Gasteiger charge is -2.68. The van der Waals surface area contributed by atoms with Crippen LogP contribution in [-0.2, 0) is 32.7 Å². The van der Waals surface area contributed by atoms with Gasteiger partial charge in [0.1, 0.15) is 23.9 Å². The molecule has 4 aliphatic rings. The van der Waals surface area contributed by atoms with Crippen molar-refractivity contribution in [2.45, 2.75) is 167 Å². The van der Waals surface area contributed by atoms with E-state index in [9.17, 15) is 19.8 Å². The Hall–Kier alpha value is -2.20. The number of fused-ring (bicyclic) bond motifs is 5. The summed E-state index contributed by atoms with van der Waals surface area (Å²) in [6.45, 7) is 21.4. The van der Waals surface area contributed by atoms with Gasteiger partial charge in [0.05, 0.1) is 35.7 Å². The summed E-state index contributed by atoms with van der Waals surface area (Å²) in [7, 11) is -4.99. The zero-order valence-electron chi connectivity index (χ0n) is 33.9. The third-order valence-corrected chi connectivity index (χ3v) is 23.8. The number of aliphatic hydroxyl groups is 2. The number of hydrogen-bond acceptors (Lipinski definition) is 10. The molecule has 1 aliphatic heterocycles. The first kappa shape index (κ1) is 42.0. The molecule has 2 N–H and O–H groups in total. The number of carbonyl (C=O) groups is 3. The smallest absolute Gasteiger partial charge is 0.338 e. The van der Waals surface area contributed by atoms with Crippen LogP contribution in [0.2, 0.25) is 36.3 Å². The predicted molar refractivity (Wildman–Crippen MR) is 207 cm³/mol. The van der Waals surface area contributed by atoms with E-state index in [-0.39, 0.29) is 30.8 Å². The fourth-order valence-corrected chi connectivity index (χ4v) is 16.1. The van der Waals surface area contributed by atoms with Gasteiger partial charge in [-0.05, 0) is 73.4 Å². The largest absolute Gasteiger partial charge is 0.455 e. The van der Waals surface area contributed by atoms with Crippen LogP contribution in [0.5, 0.6) is 0 Å². The molecule has 0 radical (unpaired) electrons. The number of ether oxygens (including phenoxy) is 3. The second-order valence-corrected chi connectivity index (χ2v) is 26.3. The Morgan fingerprint density at radius 2 is 1.45 bits per heavy atom. The standard InChI is InChI=1S/C41H64O10Si2/c1-12-52(13-2,14-3)50-30-23-31-40(25-47-31,49-27(8)42)34-36(48-37(45)28-21-19-18-20-22-28)41(46)24-29(43)26(7)32(38(41,9)10)33(35(44)39(30,34)11)51-53(15-4,16-5)17-6/h18-22,29-31,33-34,36,43,46H,12-17,23-25H2,1-11H3. The fraction of sp³-hybridized carbons (Fsp3) is 0.732. The Kier molecular flexibility index (Phi) is 11.9. The van der Waals surface area contributed by atoms with Gasteiger partial charge in [-0.1, -0.05) is 73.6 Å². The molecule has 1 heterocycles. The summed E-state index contributed by atoms with van der Waals surface area (Å²) in [5.74, 6) is -2.66. The molecule has 53 heavy (non-hydrogen) atoms. The molecule has 2 bridgehead atoms. The second-order valence-electron chi connectivity index (χ2n) is 16.9. The fourth-order valence-electron chi connectivity index (χ4n) is 10.4. The number of rotatable bonds is 13. The van der Waals surface area contributed by atoms with Gasteiger partial charge in [-0.3, -0.25) is 9.59 Å². The van der Waals surface area contributed by atoms with Gasteiger partial charge in [0.15, 0.2) is 28.0 Å². The molecule has 1 aromatic carbocycles. The minimum atomic E-state index is -2.55. The Morgan fingerprint density at radius 3 is 1.94 bits per heavy atom. The number of aliphatic hydroxyl groups excluding tert-OH is 1. The van der Waals surface area contributed by atoms with E-state index in [4.69, 9.17) is 23.1 Å². The highest BCUT2D eigenvalue weighted by Gasteiger charge is 2.78. The van der Waals surface area contributed by atoms with Gasteiger partial charge in [-0.25, -0.2) is 4.79 Å². The van der Waals surface area contributed by atoms with Gasteiger partial charge in [0, 0.05) is 25.2 Å². The summed E-state index contributed by atoms with van der Waals surface area (Å²) in [6.07, 6.45) is -5.08. The van der Waals surface area contributed by atoms with Gasteiger partial charge in [-0.15, -0.1) is 0 Å². The van der Waals surface area contributed by atoms with E-state index in [1.54, 1.807) is 30.3 Å². The maximum atomic E-state index is 16.3. The van der Waals surface area contributed by atoms with E-state index in [2.05, 4.69) is 41.5 Å². The molecule has 9 unspecified atom stereocenters. The molecular formula is C41H64O10Si2. The van der Waals surface area contributed by atoms with E-state index < -0.39 is 87.0 Å². The topological polar surface area (TPSA) is 138 Å². The minimum absolute atomic E-state index is 0.0569. The lowest BCUT2D eigenvalue weighted by Crippen LogP contribution is -2.82. The van der Waals surface area contributed by atoms with Crippen LogP contribution in [0.15, 0.2) is 41.5 Å². The number of esters is 2. The maximum Gasteiger partial charge on any atom is 0.338 e. The number of Topliss-reactive ketones (excluding diaryl/α,β-unsaturated/α-hetero) is 1. The monoisotopic (exact) mass is 772 g/mol. The third kappa shape index (κ3) is 6.45. The van der Waals surface area contributed by atoms with E-state index in [0.717, 1.165) is 36.3 Å². The first-order chi connectivity index (χ1) is 24.9. The highest BCUT2D eigenvalue weighted by Crippen LogP contribution is 2.65. The van der Waals surface area contributed by atoms with Crippen molar-refractivity contribution in [2.24, 2.45) is 16.7 Å². The molecule has 296 valence electrons. The summed E-state index contributed by atoms with van der Waals surface area (Å²) in [6, 6.07) is 13.3. The summed E-state index contributed by atoms with van der Waals surface area (Å²) >= 11 is 0. The van der Waals surface area contributed by atoms with Crippen LogP contribution in [0.3, 0.4) is 0 Å². The van der Waals surface area contributed by atoms with E-state index in [1.165, 1.54) is 6.92 Å². The number of carbonyl (C=O) groups excluding carboxylic acids is 3. The van der Waals surface area contributed by atoms with E-state index in [0.29, 0.717) is 11.1 Å². The van der Waals surface area contributed by atoms with Crippen molar-refractivity contribution in [3.63, 3.8) is 0 Å². The lowest BCUT2D eigenvalue weighted by molar-refractivity contribution is -0.344. The number of hydrogen-bond donors (Lipinski definition) is 2. The van der Waals surface area contributed by atoms with Crippen molar-refractivity contribution in [1.82, 2.24) is 0 Å². The summed E-state index contributed by atoms with van der Waals surface area (Å²) in [4.78, 5) is 43.8. The average molecular weight is 773 g/mol. The van der Waals surface area contributed by atoms with Crippen molar-refractivity contribution in [2.75, 3.05) is 6.61 Å². The Balaban J connectivity index is 1.91. The Morgan fingerprint density at radius 1 is 0.906 bits per heavy atom. The van der Waals surface area contributed by atoms with E-state index in [1.807, 2.05) is 27.7 Å². The second kappa shape index (κ2) is 15.0. The van der Waals surface area contributed by atoms with Crippen molar-refractivity contribution >= 4 is 34.4 Å². The predicted octanol–water partition coefficient (Wildman–Crippen LogP) is 7.14. The normalized spacial score (nSPS) is 35.3. The highest BCUT2D eigenvalue weighted by molar-refractivity contribution is 6.74. The molecule has 5 rings (SSSR count). The molecule has 10 nitrogen and oxygen atoms in total. The Bertz CT molecular complexity index is 1550. The molecule has 3 fully saturated rings. The van der Waals surface area contributed by atoms with Crippen LogP contribution < -0.4 is 0 Å². The van der Waals surface area contributed by atoms with Crippen LogP contribution in [0.4, 0.5) is 0 Å². The molecule has 2 saturated carbocycles. The van der Waals surface area contributed by atoms with Crippen LogP contribution in [0, 0.1) is 16.7 Å². The van der Waals surface area contributed by atoms with Crippen molar-refractivity contribution in [1.29, 1.82) is 0 Å². The average Bonchev–Trinajstić information content (AvgIpc) is 3.13. The first-order valence-corrected chi connectivity index (χ1v) is 25.0. The molecule has 0 aromatic heterocycles. The van der Waals surface area contributed by atoms with Gasteiger partial charge >= 0.3 is 11.9 Å². The summed E-state index contributed by atoms with van der Waals surface area (Å²) in [5.41, 5.74) is -4.81. The maximum absolute atomic E-state index is 16.3. The molecule has 3 aliphatic carbocycles.